The molecule has 26 heavy (non-hydrogen) atoms. The summed E-state index contributed by atoms with van der Waals surface area (Å²) in [7, 11) is 3.45. The van der Waals surface area contributed by atoms with Crippen LogP contribution in [0.2, 0.25) is 0 Å². The first-order valence-electron chi connectivity index (χ1n) is 8.41. The third-order valence-corrected chi connectivity index (χ3v) is 3.73. The molecule has 0 saturated heterocycles. The lowest BCUT2D eigenvalue weighted by Gasteiger charge is -2.13. The van der Waals surface area contributed by atoms with Crippen LogP contribution in [0.3, 0.4) is 0 Å². The van der Waals surface area contributed by atoms with Gasteiger partial charge in [-0.1, -0.05) is 12.1 Å². The van der Waals surface area contributed by atoms with Crippen molar-refractivity contribution in [3.8, 4) is 5.75 Å². The highest BCUT2D eigenvalue weighted by Gasteiger charge is 2.02. The molecule has 7 heteroatoms. The molecule has 2 rings (SSSR count). The highest BCUT2D eigenvalue weighted by Crippen LogP contribution is 2.18. The molecule has 0 fully saturated rings. The number of aryl methyl sites for hydroxylation is 1. The topological polar surface area (TPSA) is 68.0 Å². The second-order valence-corrected chi connectivity index (χ2v) is 5.64. The molecule has 0 amide bonds. The number of ether oxygens (including phenoxy) is 2. The molecule has 0 bridgehead atoms. The molecule has 0 atom stereocenters. The van der Waals surface area contributed by atoms with Gasteiger partial charge >= 0.3 is 0 Å². The number of guanidine groups is 1. The second-order valence-electron chi connectivity index (χ2n) is 5.64. The van der Waals surface area contributed by atoms with E-state index < -0.39 is 0 Å². The fourth-order valence-electron chi connectivity index (χ4n) is 2.41. The SMILES string of the molecule is CN=C(NCCCOCc1ccco1)NCc1ccc(OC)c(C)c1.I. The van der Waals surface area contributed by atoms with E-state index in [2.05, 4.69) is 27.8 Å². The van der Waals surface area contributed by atoms with E-state index in [4.69, 9.17) is 13.9 Å². The number of rotatable bonds is 9. The van der Waals surface area contributed by atoms with Gasteiger partial charge in [0.15, 0.2) is 5.96 Å². The van der Waals surface area contributed by atoms with Gasteiger partial charge in [-0.15, -0.1) is 24.0 Å². The molecular formula is C19H28IN3O3. The molecule has 1 aromatic carbocycles. The first-order chi connectivity index (χ1) is 12.2. The van der Waals surface area contributed by atoms with Crippen molar-refractivity contribution in [1.29, 1.82) is 0 Å². The predicted molar refractivity (Wildman–Crippen MR) is 114 cm³/mol. The number of hydrogen-bond donors (Lipinski definition) is 2. The maximum atomic E-state index is 5.55. The lowest BCUT2D eigenvalue weighted by atomic mass is 10.1. The van der Waals surface area contributed by atoms with Crippen molar-refractivity contribution in [2.45, 2.75) is 26.5 Å². The first kappa shape index (κ1) is 22.3. The van der Waals surface area contributed by atoms with Crippen LogP contribution in [0.15, 0.2) is 46.0 Å². The number of furan rings is 1. The van der Waals surface area contributed by atoms with E-state index in [9.17, 15) is 0 Å². The minimum Gasteiger partial charge on any atom is -0.496 e. The van der Waals surface area contributed by atoms with Crippen LogP contribution >= 0.6 is 24.0 Å². The Balaban J connectivity index is 0.00000338. The van der Waals surface area contributed by atoms with Gasteiger partial charge in [0.05, 0.1) is 13.4 Å². The maximum absolute atomic E-state index is 5.55. The molecule has 0 aliphatic carbocycles. The molecule has 2 aromatic rings. The number of benzene rings is 1. The van der Waals surface area contributed by atoms with Gasteiger partial charge in [-0.2, -0.15) is 0 Å². The Hall–Kier alpha value is -1.74. The average molecular weight is 473 g/mol. The maximum Gasteiger partial charge on any atom is 0.191 e. The van der Waals surface area contributed by atoms with Crippen LogP contribution in [-0.2, 0) is 17.9 Å². The number of aliphatic imine (C=N–C) groups is 1. The largest absolute Gasteiger partial charge is 0.496 e. The second kappa shape index (κ2) is 12.6. The summed E-state index contributed by atoms with van der Waals surface area (Å²) in [6.45, 7) is 4.72. The van der Waals surface area contributed by atoms with Crippen LogP contribution in [0.4, 0.5) is 0 Å². The molecule has 1 heterocycles. The number of nitrogens with zero attached hydrogens (tertiary/aromatic N) is 1. The number of nitrogens with one attached hydrogen (secondary N) is 2. The van der Waals surface area contributed by atoms with Crippen LogP contribution < -0.4 is 15.4 Å². The van der Waals surface area contributed by atoms with Crippen LogP contribution in [0, 0.1) is 6.92 Å². The van der Waals surface area contributed by atoms with Crippen LogP contribution in [-0.4, -0.2) is 33.3 Å². The zero-order chi connectivity index (χ0) is 17.9. The van der Waals surface area contributed by atoms with E-state index in [-0.39, 0.29) is 24.0 Å². The van der Waals surface area contributed by atoms with E-state index in [1.807, 2.05) is 25.1 Å². The van der Waals surface area contributed by atoms with Gasteiger partial charge in [-0.3, -0.25) is 4.99 Å². The van der Waals surface area contributed by atoms with Gasteiger partial charge in [0, 0.05) is 26.7 Å². The van der Waals surface area contributed by atoms with Crippen LogP contribution in [0.1, 0.15) is 23.3 Å². The zero-order valence-corrected chi connectivity index (χ0v) is 17.9. The predicted octanol–water partition coefficient (Wildman–Crippen LogP) is 3.49. The van der Waals surface area contributed by atoms with Crippen molar-refractivity contribution in [1.82, 2.24) is 10.6 Å². The number of halogens is 1. The summed E-state index contributed by atoms with van der Waals surface area (Å²) in [5.41, 5.74) is 2.31. The molecular weight excluding hydrogens is 445 g/mol. The fraction of sp³-hybridized carbons (Fsp3) is 0.421. The van der Waals surface area contributed by atoms with Gasteiger partial charge in [-0.05, 0) is 42.7 Å². The van der Waals surface area contributed by atoms with Crippen LogP contribution in [0.5, 0.6) is 5.75 Å². The van der Waals surface area contributed by atoms with Crippen molar-refractivity contribution in [2.75, 3.05) is 27.3 Å². The van der Waals surface area contributed by atoms with Crippen molar-refractivity contribution in [2.24, 2.45) is 4.99 Å². The quantitative estimate of drug-likeness (QED) is 0.253. The molecule has 0 radical (unpaired) electrons. The molecule has 0 saturated carbocycles. The average Bonchev–Trinajstić information content (AvgIpc) is 3.14. The van der Waals surface area contributed by atoms with Gasteiger partial charge in [-0.25, -0.2) is 0 Å². The van der Waals surface area contributed by atoms with Gasteiger partial charge in [0.2, 0.25) is 0 Å². The summed E-state index contributed by atoms with van der Waals surface area (Å²) < 4.78 is 16.0. The van der Waals surface area contributed by atoms with Crippen molar-refractivity contribution >= 4 is 29.9 Å². The van der Waals surface area contributed by atoms with Crippen molar-refractivity contribution < 1.29 is 13.9 Å². The monoisotopic (exact) mass is 473 g/mol. The zero-order valence-electron chi connectivity index (χ0n) is 15.6. The summed E-state index contributed by atoms with van der Waals surface area (Å²) in [5.74, 6) is 2.53. The first-order valence-corrected chi connectivity index (χ1v) is 8.41. The summed E-state index contributed by atoms with van der Waals surface area (Å²) in [6, 6.07) is 9.92. The molecule has 1 aromatic heterocycles. The Morgan fingerprint density at radius 3 is 2.73 bits per heavy atom. The van der Waals surface area contributed by atoms with E-state index in [1.54, 1.807) is 20.4 Å². The van der Waals surface area contributed by atoms with Crippen LogP contribution in [0.25, 0.3) is 0 Å². The minimum atomic E-state index is 0. The smallest absolute Gasteiger partial charge is 0.191 e. The lowest BCUT2D eigenvalue weighted by Crippen LogP contribution is -2.37. The fourth-order valence-corrected chi connectivity index (χ4v) is 2.41. The summed E-state index contributed by atoms with van der Waals surface area (Å²) in [5, 5.41) is 6.59. The Labute approximate surface area is 172 Å². The highest BCUT2D eigenvalue weighted by atomic mass is 127. The standard InChI is InChI=1S/C19H27N3O3.HI/c1-15-12-16(7-8-18(15)23-3)13-22-19(20-2)21-9-5-10-24-14-17-6-4-11-25-17;/h4,6-8,11-12H,5,9-10,13-14H2,1-3H3,(H2,20,21,22);1H. The van der Waals surface area contributed by atoms with Gasteiger partial charge in [0.1, 0.15) is 18.1 Å². The van der Waals surface area contributed by atoms with Gasteiger partial charge < -0.3 is 24.5 Å². The van der Waals surface area contributed by atoms with E-state index in [0.29, 0.717) is 19.8 Å². The summed E-state index contributed by atoms with van der Waals surface area (Å²) in [4.78, 5) is 4.23. The number of methoxy groups -OCH3 is 1. The molecule has 2 N–H and O–H groups in total. The number of hydrogen-bond acceptors (Lipinski definition) is 4. The van der Waals surface area contributed by atoms with Gasteiger partial charge in [0.25, 0.3) is 0 Å². The Bertz CT molecular complexity index is 660. The van der Waals surface area contributed by atoms with Crippen molar-refractivity contribution in [3.63, 3.8) is 0 Å². The van der Waals surface area contributed by atoms with E-state index >= 15 is 0 Å². The molecule has 0 unspecified atom stereocenters. The molecule has 0 aliphatic rings. The summed E-state index contributed by atoms with van der Waals surface area (Å²) in [6.07, 6.45) is 2.54. The normalized spacial score (nSPS) is 11.0. The van der Waals surface area contributed by atoms with Crippen molar-refractivity contribution in [3.05, 3.63) is 53.5 Å². The Morgan fingerprint density at radius 1 is 1.23 bits per heavy atom. The molecule has 0 spiro atoms. The van der Waals surface area contributed by atoms with E-state index in [1.165, 1.54) is 5.56 Å². The highest BCUT2D eigenvalue weighted by molar-refractivity contribution is 14.0. The molecule has 6 nitrogen and oxygen atoms in total. The summed E-state index contributed by atoms with van der Waals surface area (Å²) >= 11 is 0. The lowest BCUT2D eigenvalue weighted by molar-refractivity contribution is 0.105. The minimum absolute atomic E-state index is 0. The third-order valence-electron chi connectivity index (χ3n) is 3.73. The Morgan fingerprint density at radius 2 is 2.08 bits per heavy atom. The Kier molecular flexibility index (Phi) is 10.8. The van der Waals surface area contributed by atoms with E-state index in [0.717, 1.165) is 36.0 Å². The molecule has 0 aliphatic heterocycles. The molecule has 144 valence electrons. The third kappa shape index (κ3) is 7.65.